The van der Waals surface area contributed by atoms with E-state index in [-0.39, 0.29) is 5.91 Å². The maximum absolute atomic E-state index is 12.2. The smallest absolute Gasteiger partial charge is 0.237 e. The molecule has 0 radical (unpaired) electrons. The highest BCUT2D eigenvalue weighted by atomic mass is 35.5. The molecule has 0 saturated heterocycles. The Bertz CT molecular complexity index is 463. The van der Waals surface area contributed by atoms with E-state index in [9.17, 15) is 9.00 Å². The number of nitrogens with two attached hydrogens (primary N) is 1. The zero-order chi connectivity index (χ0) is 13.2. The third-order valence-corrected chi connectivity index (χ3v) is 4.34. The van der Waals surface area contributed by atoms with E-state index in [1.165, 1.54) is 11.0 Å². The van der Waals surface area contributed by atoms with Gasteiger partial charge in [0, 0.05) is 19.8 Å². The molecule has 0 saturated carbocycles. The number of hydrogen-bond donors (Lipinski definition) is 1. The molecule has 0 spiro atoms. The molecule has 0 aromatic heterocycles. The first-order valence-corrected chi connectivity index (χ1v) is 6.60. The van der Waals surface area contributed by atoms with Gasteiger partial charge in [0.15, 0.2) is 0 Å². The zero-order valence-corrected chi connectivity index (χ0v) is 11.5. The van der Waals surface area contributed by atoms with E-state index in [4.69, 9.17) is 17.3 Å². The van der Waals surface area contributed by atoms with Crippen LogP contribution in [-0.2, 0) is 15.6 Å². The van der Waals surface area contributed by atoms with E-state index in [1.807, 2.05) is 0 Å². The van der Waals surface area contributed by atoms with Crippen LogP contribution >= 0.6 is 11.6 Å². The summed E-state index contributed by atoms with van der Waals surface area (Å²) in [4.78, 5) is 13.5. The average Bonchev–Trinajstić information content (AvgIpc) is 2.29. The average molecular weight is 275 g/mol. The summed E-state index contributed by atoms with van der Waals surface area (Å²) in [6.07, 6.45) is 0. The normalized spacial score (nSPS) is 14.1. The molecular formula is C11H15ClN2O2S. The SMILES string of the molecule is CC(C(=O)N(C)C)S(=O)c1cc(N)ccc1Cl. The molecule has 0 bridgehead atoms. The highest BCUT2D eigenvalue weighted by Gasteiger charge is 2.24. The van der Waals surface area contributed by atoms with E-state index in [2.05, 4.69) is 0 Å². The maximum Gasteiger partial charge on any atom is 0.237 e. The molecule has 2 unspecified atom stereocenters. The summed E-state index contributed by atoms with van der Waals surface area (Å²) in [5.74, 6) is -0.207. The quantitative estimate of drug-likeness (QED) is 0.850. The molecule has 1 rings (SSSR count). The van der Waals surface area contributed by atoms with E-state index in [0.717, 1.165) is 0 Å². The van der Waals surface area contributed by atoms with Crippen molar-refractivity contribution in [3.8, 4) is 0 Å². The van der Waals surface area contributed by atoms with Gasteiger partial charge in [0.1, 0.15) is 5.25 Å². The van der Waals surface area contributed by atoms with Crippen LogP contribution in [0.1, 0.15) is 6.92 Å². The van der Waals surface area contributed by atoms with Crippen LogP contribution in [0.5, 0.6) is 0 Å². The maximum atomic E-state index is 12.2. The number of carbonyl (C=O) groups excluding carboxylic acids is 1. The van der Waals surface area contributed by atoms with E-state index < -0.39 is 16.0 Å². The van der Waals surface area contributed by atoms with Crippen molar-refractivity contribution in [3.05, 3.63) is 23.2 Å². The molecule has 1 amide bonds. The molecule has 4 nitrogen and oxygen atoms in total. The van der Waals surface area contributed by atoms with Crippen molar-refractivity contribution in [2.75, 3.05) is 19.8 Å². The molecule has 2 atom stereocenters. The number of nitrogens with zero attached hydrogens (tertiary/aromatic N) is 1. The molecule has 1 aromatic rings. The van der Waals surface area contributed by atoms with Gasteiger partial charge in [-0.3, -0.25) is 9.00 Å². The van der Waals surface area contributed by atoms with Gasteiger partial charge in [-0.1, -0.05) is 11.6 Å². The standard InChI is InChI=1S/C11H15ClN2O2S/c1-7(11(15)14(2)3)17(16)10-6-8(13)4-5-9(10)12/h4-7H,13H2,1-3H3. The monoisotopic (exact) mass is 274 g/mol. The van der Waals surface area contributed by atoms with Crippen LogP contribution in [0.2, 0.25) is 5.02 Å². The summed E-state index contributed by atoms with van der Waals surface area (Å²) < 4.78 is 12.2. The Hall–Kier alpha value is -1.07. The van der Waals surface area contributed by atoms with Crippen molar-refractivity contribution >= 4 is 34.0 Å². The molecule has 0 heterocycles. The minimum atomic E-state index is -1.50. The molecule has 94 valence electrons. The summed E-state index contributed by atoms with van der Waals surface area (Å²) in [7, 11) is 1.74. The Morgan fingerprint density at radius 2 is 2.06 bits per heavy atom. The summed E-state index contributed by atoms with van der Waals surface area (Å²) in [5.41, 5.74) is 6.09. The lowest BCUT2D eigenvalue weighted by atomic mass is 10.3. The molecule has 1 aromatic carbocycles. The first-order chi connectivity index (χ1) is 7.84. The Balaban J connectivity index is 3.04. The fourth-order valence-electron chi connectivity index (χ4n) is 1.32. The summed E-state index contributed by atoms with van der Waals surface area (Å²) in [6, 6.07) is 4.75. The predicted octanol–water partition coefficient (Wildman–Crippen LogP) is 1.51. The lowest BCUT2D eigenvalue weighted by Gasteiger charge is -2.17. The third-order valence-electron chi connectivity index (χ3n) is 2.28. The Labute approximate surface area is 108 Å². The number of benzene rings is 1. The molecule has 0 aliphatic heterocycles. The van der Waals surface area contributed by atoms with Crippen molar-refractivity contribution < 1.29 is 9.00 Å². The number of hydrogen-bond acceptors (Lipinski definition) is 3. The summed E-state index contributed by atoms with van der Waals surface area (Å²) in [5, 5.41) is -0.291. The minimum absolute atomic E-state index is 0.207. The highest BCUT2D eigenvalue weighted by Crippen LogP contribution is 2.24. The first kappa shape index (κ1) is 14.0. The fourth-order valence-corrected chi connectivity index (χ4v) is 2.95. The van der Waals surface area contributed by atoms with Crippen molar-refractivity contribution in [1.82, 2.24) is 4.90 Å². The van der Waals surface area contributed by atoms with Crippen molar-refractivity contribution in [1.29, 1.82) is 0 Å². The van der Waals surface area contributed by atoms with Gasteiger partial charge in [0.25, 0.3) is 0 Å². The predicted molar refractivity (Wildman–Crippen MR) is 70.4 cm³/mol. The van der Waals surface area contributed by atoms with E-state index in [0.29, 0.717) is 15.6 Å². The fraction of sp³-hybridized carbons (Fsp3) is 0.364. The van der Waals surface area contributed by atoms with Crippen molar-refractivity contribution in [2.45, 2.75) is 17.1 Å². The second-order valence-electron chi connectivity index (χ2n) is 3.86. The van der Waals surface area contributed by atoms with Crippen LogP contribution in [0, 0.1) is 0 Å². The number of amides is 1. The van der Waals surface area contributed by atoms with Gasteiger partial charge >= 0.3 is 0 Å². The van der Waals surface area contributed by atoms with Crippen LogP contribution in [0.4, 0.5) is 5.69 Å². The molecule has 6 heteroatoms. The van der Waals surface area contributed by atoms with Gasteiger partial charge in [0.05, 0.1) is 20.7 Å². The topological polar surface area (TPSA) is 63.4 Å². The first-order valence-electron chi connectivity index (χ1n) is 5.01. The highest BCUT2D eigenvalue weighted by molar-refractivity contribution is 7.86. The zero-order valence-electron chi connectivity index (χ0n) is 9.94. The van der Waals surface area contributed by atoms with Gasteiger partial charge < -0.3 is 10.6 Å². The third kappa shape index (κ3) is 3.20. The van der Waals surface area contributed by atoms with Gasteiger partial charge in [0.2, 0.25) is 5.91 Å². The van der Waals surface area contributed by atoms with Crippen molar-refractivity contribution in [2.24, 2.45) is 0 Å². The second kappa shape index (κ2) is 5.51. The lowest BCUT2D eigenvalue weighted by Crippen LogP contribution is -2.34. The lowest BCUT2D eigenvalue weighted by molar-refractivity contribution is -0.127. The summed E-state index contributed by atoms with van der Waals surface area (Å²) in [6.45, 7) is 1.61. The molecule has 0 aliphatic rings. The molecule has 17 heavy (non-hydrogen) atoms. The van der Waals surface area contributed by atoms with Crippen molar-refractivity contribution in [3.63, 3.8) is 0 Å². The number of anilines is 1. The summed E-state index contributed by atoms with van der Waals surface area (Å²) >= 11 is 5.95. The van der Waals surface area contributed by atoms with E-state index >= 15 is 0 Å². The minimum Gasteiger partial charge on any atom is -0.399 e. The number of carbonyl (C=O) groups is 1. The van der Waals surface area contributed by atoms with Crippen LogP contribution in [0.25, 0.3) is 0 Å². The van der Waals surface area contributed by atoms with Gasteiger partial charge in [-0.2, -0.15) is 0 Å². The number of nitrogen functional groups attached to an aromatic ring is 1. The van der Waals surface area contributed by atoms with Crippen LogP contribution < -0.4 is 5.73 Å². The molecule has 2 N–H and O–H groups in total. The second-order valence-corrected chi connectivity index (χ2v) is 6.01. The molecule has 0 aliphatic carbocycles. The Morgan fingerprint density at radius 3 is 2.59 bits per heavy atom. The Kier molecular flexibility index (Phi) is 4.54. The van der Waals surface area contributed by atoms with Crippen LogP contribution in [0.15, 0.2) is 23.1 Å². The van der Waals surface area contributed by atoms with Gasteiger partial charge in [-0.15, -0.1) is 0 Å². The van der Waals surface area contributed by atoms with Gasteiger partial charge in [-0.05, 0) is 25.1 Å². The van der Waals surface area contributed by atoms with Gasteiger partial charge in [-0.25, -0.2) is 0 Å². The van der Waals surface area contributed by atoms with Crippen LogP contribution in [0.3, 0.4) is 0 Å². The van der Waals surface area contributed by atoms with E-state index in [1.54, 1.807) is 33.2 Å². The van der Waals surface area contributed by atoms with Crippen LogP contribution in [-0.4, -0.2) is 34.4 Å². The number of rotatable bonds is 3. The molecular weight excluding hydrogens is 260 g/mol. The molecule has 0 fully saturated rings. The number of halogens is 1. The largest absolute Gasteiger partial charge is 0.399 e. The Morgan fingerprint density at radius 1 is 1.47 bits per heavy atom.